The van der Waals surface area contributed by atoms with Crippen LogP contribution >= 0.6 is 0 Å². The van der Waals surface area contributed by atoms with E-state index in [1.807, 2.05) is 41.9 Å². The molecule has 0 radical (unpaired) electrons. The maximum absolute atomic E-state index is 13.1. The summed E-state index contributed by atoms with van der Waals surface area (Å²) in [7, 11) is 3.37. The highest BCUT2D eigenvalue weighted by molar-refractivity contribution is 6.02. The molecule has 0 spiro atoms. The van der Waals surface area contributed by atoms with E-state index in [9.17, 15) is 18.0 Å². The molecule has 35 heavy (non-hydrogen) atoms. The number of halogens is 3. The summed E-state index contributed by atoms with van der Waals surface area (Å²) >= 11 is 0. The van der Waals surface area contributed by atoms with Crippen LogP contribution in [0.3, 0.4) is 0 Å². The molecule has 180 valence electrons. The molecule has 0 N–H and O–H groups in total. The molecule has 1 aliphatic heterocycles. The highest BCUT2D eigenvalue weighted by Gasteiger charge is 2.41. The number of aromatic nitrogens is 4. The number of aryl methyl sites for hydroxylation is 1. The van der Waals surface area contributed by atoms with Gasteiger partial charge in [-0.15, -0.1) is 0 Å². The van der Waals surface area contributed by atoms with E-state index in [4.69, 9.17) is 4.74 Å². The zero-order chi connectivity index (χ0) is 24.7. The smallest absolute Gasteiger partial charge is 0.452 e. The molecule has 11 heteroatoms. The lowest BCUT2D eigenvalue weighted by atomic mass is 10.0. The molecule has 3 aromatic heterocycles. The molecule has 4 heterocycles. The van der Waals surface area contributed by atoms with Gasteiger partial charge >= 0.3 is 6.18 Å². The third kappa shape index (κ3) is 3.92. The molecule has 1 aromatic carbocycles. The molecule has 0 atom stereocenters. The van der Waals surface area contributed by atoms with E-state index in [1.165, 1.54) is 24.4 Å². The van der Waals surface area contributed by atoms with Crippen LogP contribution < -0.4 is 4.74 Å². The van der Waals surface area contributed by atoms with Crippen LogP contribution in [0.2, 0.25) is 0 Å². The number of hydrogen-bond donors (Lipinski definition) is 0. The van der Waals surface area contributed by atoms with Gasteiger partial charge in [-0.1, -0.05) is 35.5 Å². The van der Waals surface area contributed by atoms with Crippen molar-refractivity contribution in [3.8, 4) is 17.1 Å². The predicted molar refractivity (Wildman–Crippen MR) is 120 cm³/mol. The lowest BCUT2D eigenvalue weighted by Gasteiger charge is -2.25. The molecular formula is C24H20F3N5O3. The number of benzene rings is 1. The molecule has 4 aromatic rings. The highest BCUT2D eigenvalue weighted by atomic mass is 19.4. The van der Waals surface area contributed by atoms with Gasteiger partial charge < -0.3 is 18.7 Å². The molecule has 0 fully saturated rings. The Hall–Kier alpha value is -4.15. The van der Waals surface area contributed by atoms with E-state index in [-0.39, 0.29) is 36.7 Å². The summed E-state index contributed by atoms with van der Waals surface area (Å²) in [6, 6.07) is 9.62. The zero-order valence-electron chi connectivity index (χ0n) is 18.8. The van der Waals surface area contributed by atoms with Gasteiger partial charge in [0.25, 0.3) is 0 Å². The van der Waals surface area contributed by atoms with Crippen LogP contribution in [0.15, 0.2) is 47.3 Å². The quantitative estimate of drug-likeness (QED) is 0.404. The zero-order valence-corrected chi connectivity index (χ0v) is 18.8. The SMILES string of the molecule is COc1ncnc2c1c(/C=C/C(=O)N1CCc3c(noc3C(F)(F)F)C1)c(-c1ccccc1)n2C. The first-order chi connectivity index (χ1) is 16.8. The lowest BCUT2D eigenvalue weighted by Crippen LogP contribution is -2.35. The van der Waals surface area contributed by atoms with Crippen molar-refractivity contribution in [2.75, 3.05) is 13.7 Å². The van der Waals surface area contributed by atoms with E-state index < -0.39 is 11.9 Å². The van der Waals surface area contributed by atoms with Crippen LogP contribution in [0.4, 0.5) is 13.2 Å². The standard InChI is InChI=1S/C24H20F3N5O3/c1-31-20(14-6-4-3-5-7-14)16(19-22(31)28-13-29-23(19)34-2)8-9-18(33)32-11-10-15-17(12-32)30-35-21(15)24(25,26)27/h3-9,13H,10-12H2,1-2H3/b9-8+. The molecule has 5 rings (SSSR count). The Bertz CT molecular complexity index is 1440. The number of carbonyl (C=O) groups is 1. The molecule has 0 bridgehead atoms. The Morgan fingerprint density at radius 3 is 2.69 bits per heavy atom. The Morgan fingerprint density at radius 1 is 1.20 bits per heavy atom. The number of methoxy groups -OCH3 is 1. The minimum absolute atomic E-state index is 0.00725. The van der Waals surface area contributed by atoms with Crippen molar-refractivity contribution < 1.29 is 27.2 Å². The number of hydrogen-bond acceptors (Lipinski definition) is 6. The van der Waals surface area contributed by atoms with Gasteiger partial charge in [0, 0.05) is 30.8 Å². The summed E-state index contributed by atoms with van der Waals surface area (Å²) in [4.78, 5) is 23.1. The van der Waals surface area contributed by atoms with Crippen LogP contribution in [-0.4, -0.2) is 44.2 Å². The van der Waals surface area contributed by atoms with E-state index >= 15 is 0 Å². The average Bonchev–Trinajstić information content (AvgIpc) is 3.41. The topological polar surface area (TPSA) is 86.3 Å². The number of fused-ring (bicyclic) bond motifs is 2. The van der Waals surface area contributed by atoms with Gasteiger partial charge in [0.05, 0.1) is 24.7 Å². The van der Waals surface area contributed by atoms with Gasteiger partial charge in [0.1, 0.15) is 17.7 Å². The van der Waals surface area contributed by atoms with Crippen molar-refractivity contribution >= 4 is 23.0 Å². The fourth-order valence-electron chi connectivity index (χ4n) is 4.42. The fraction of sp³-hybridized carbons (Fsp3) is 0.250. The fourth-order valence-corrected chi connectivity index (χ4v) is 4.42. The molecule has 0 saturated carbocycles. The van der Waals surface area contributed by atoms with E-state index in [2.05, 4.69) is 19.6 Å². The maximum Gasteiger partial charge on any atom is 0.452 e. The summed E-state index contributed by atoms with van der Waals surface area (Å²) in [5.74, 6) is -1.09. The summed E-state index contributed by atoms with van der Waals surface area (Å²) in [5.41, 5.74) is 3.18. The monoisotopic (exact) mass is 483 g/mol. The normalized spacial score (nSPS) is 14.0. The van der Waals surface area contributed by atoms with E-state index in [1.54, 1.807) is 6.08 Å². The Morgan fingerprint density at radius 2 is 1.97 bits per heavy atom. The van der Waals surface area contributed by atoms with Crippen LogP contribution in [-0.2, 0) is 31.0 Å². The minimum atomic E-state index is -4.62. The van der Waals surface area contributed by atoms with Gasteiger partial charge in [-0.3, -0.25) is 4.79 Å². The van der Waals surface area contributed by atoms with Crippen molar-refractivity contribution in [2.45, 2.75) is 19.1 Å². The summed E-state index contributed by atoms with van der Waals surface area (Å²) < 4.78 is 51.2. The van der Waals surface area contributed by atoms with Gasteiger partial charge in [0.15, 0.2) is 0 Å². The van der Waals surface area contributed by atoms with Gasteiger partial charge in [-0.2, -0.15) is 13.2 Å². The summed E-state index contributed by atoms with van der Waals surface area (Å²) in [6.45, 7) is 0.0551. The first kappa shape index (κ1) is 22.6. The van der Waals surface area contributed by atoms with Crippen LogP contribution in [0, 0.1) is 0 Å². The second kappa shape index (κ2) is 8.57. The van der Waals surface area contributed by atoms with Crippen molar-refractivity contribution in [2.24, 2.45) is 7.05 Å². The number of ether oxygens (including phenoxy) is 1. The second-order valence-corrected chi connectivity index (χ2v) is 8.05. The molecule has 1 aliphatic rings. The Kier molecular flexibility index (Phi) is 5.54. The Labute approximate surface area is 197 Å². The number of amides is 1. The predicted octanol–water partition coefficient (Wildman–Crippen LogP) is 4.25. The van der Waals surface area contributed by atoms with Gasteiger partial charge in [-0.05, 0) is 18.1 Å². The highest BCUT2D eigenvalue weighted by Crippen LogP contribution is 2.38. The van der Waals surface area contributed by atoms with Crippen molar-refractivity contribution in [1.29, 1.82) is 0 Å². The van der Waals surface area contributed by atoms with Gasteiger partial charge in [0.2, 0.25) is 17.5 Å². The van der Waals surface area contributed by atoms with Crippen molar-refractivity contribution in [3.05, 3.63) is 65.3 Å². The number of rotatable bonds is 4. The van der Waals surface area contributed by atoms with Crippen LogP contribution in [0.5, 0.6) is 5.88 Å². The first-order valence-electron chi connectivity index (χ1n) is 10.7. The Balaban J connectivity index is 1.51. The second-order valence-electron chi connectivity index (χ2n) is 8.05. The number of carbonyl (C=O) groups excluding carboxylic acids is 1. The van der Waals surface area contributed by atoms with Crippen LogP contribution in [0.25, 0.3) is 28.4 Å². The summed E-state index contributed by atoms with van der Waals surface area (Å²) in [5, 5.41) is 4.19. The van der Waals surface area contributed by atoms with Crippen molar-refractivity contribution in [1.82, 2.24) is 24.6 Å². The molecule has 0 saturated heterocycles. The largest absolute Gasteiger partial charge is 0.480 e. The third-order valence-electron chi connectivity index (χ3n) is 6.01. The lowest BCUT2D eigenvalue weighted by molar-refractivity contribution is -0.156. The number of alkyl halides is 3. The van der Waals surface area contributed by atoms with E-state index in [0.29, 0.717) is 22.5 Å². The minimum Gasteiger partial charge on any atom is -0.480 e. The number of nitrogens with zero attached hydrogens (tertiary/aromatic N) is 5. The van der Waals surface area contributed by atoms with Crippen LogP contribution in [0.1, 0.15) is 22.6 Å². The maximum atomic E-state index is 13.1. The molecule has 1 amide bonds. The molecule has 8 nitrogen and oxygen atoms in total. The van der Waals surface area contributed by atoms with Crippen molar-refractivity contribution in [3.63, 3.8) is 0 Å². The average molecular weight is 483 g/mol. The van der Waals surface area contributed by atoms with Gasteiger partial charge in [-0.25, -0.2) is 9.97 Å². The summed E-state index contributed by atoms with van der Waals surface area (Å²) in [6.07, 6.45) is -0.136. The third-order valence-corrected chi connectivity index (χ3v) is 6.01. The molecular weight excluding hydrogens is 463 g/mol. The first-order valence-corrected chi connectivity index (χ1v) is 10.7. The van der Waals surface area contributed by atoms with E-state index in [0.717, 1.165) is 11.3 Å². The molecule has 0 unspecified atom stereocenters. The molecule has 0 aliphatic carbocycles.